The lowest BCUT2D eigenvalue weighted by Gasteiger charge is -2.26. The second-order valence-electron chi connectivity index (χ2n) is 8.02. The SMILES string of the molecule is Cc1ccc(F)c(C(CC(=O)NCCN2CCOCC2)c2c[nH]c3ccc(Cl)cc23)c1. The average molecular weight is 444 g/mol. The summed E-state index contributed by atoms with van der Waals surface area (Å²) < 4.78 is 20.2. The summed E-state index contributed by atoms with van der Waals surface area (Å²) in [5.41, 5.74) is 3.24. The number of aromatic amines is 1. The molecule has 0 saturated carbocycles. The molecule has 7 heteroatoms. The first kappa shape index (κ1) is 21.8. The molecule has 0 radical (unpaired) electrons. The van der Waals surface area contributed by atoms with E-state index in [0.717, 1.165) is 54.9 Å². The monoisotopic (exact) mass is 443 g/mol. The smallest absolute Gasteiger partial charge is 0.220 e. The summed E-state index contributed by atoms with van der Waals surface area (Å²) in [4.78, 5) is 18.3. The first-order chi connectivity index (χ1) is 15.0. The molecule has 1 saturated heterocycles. The number of amides is 1. The molecule has 4 rings (SSSR count). The van der Waals surface area contributed by atoms with Gasteiger partial charge in [0.1, 0.15) is 5.82 Å². The van der Waals surface area contributed by atoms with Crippen LogP contribution in [0.4, 0.5) is 4.39 Å². The number of H-pyrrole nitrogens is 1. The minimum atomic E-state index is -0.421. The molecule has 0 aliphatic carbocycles. The van der Waals surface area contributed by atoms with Gasteiger partial charge in [-0.05, 0) is 42.3 Å². The van der Waals surface area contributed by atoms with Crippen molar-refractivity contribution in [1.82, 2.24) is 15.2 Å². The van der Waals surface area contributed by atoms with Gasteiger partial charge in [-0.2, -0.15) is 0 Å². The van der Waals surface area contributed by atoms with Gasteiger partial charge in [-0.15, -0.1) is 0 Å². The summed E-state index contributed by atoms with van der Waals surface area (Å²) in [6.45, 7) is 6.47. The molecule has 1 fully saturated rings. The molecule has 31 heavy (non-hydrogen) atoms. The van der Waals surface area contributed by atoms with E-state index in [2.05, 4.69) is 15.2 Å². The largest absolute Gasteiger partial charge is 0.379 e. The number of benzene rings is 2. The van der Waals surface area contributed by atoms with Crippen molar-refractivity contribution >= 4 is 28.4 Å². The molecule has 1 aliphatic heterocycles. The summed E-state index contributed by atoms with van der Waals surface area (Å²) in [6, 6.07) is 10.6. The van der Waals surface area contributed by atoms with E-state index in [1.54, 1.807) is 6.07 Å². The lowest BCUT2D eigenvalue weighted by atomic mass is 9.87. The molecule has 1 unspecified atom stereocenters. The van der Waals surface area contributed by atoms with Gasteiger partial charge in [0.15, 0.2) is 0 Å². The highest BCUT2D eigenvalue weighted by Gasteiger charge is 2.24. The van der Waals surface area contributed by atoms with Crippen LogP contribution in [0.5, 0.6) is 0 Å². The number of halogens is 2. The second-order valence-corrected chi connectivity index (χ2v) is 8.46. The van der Waals surface area contributed by atoms with E-state index in [0.29, 0.717) is 17.1 Å². The number of fused-ring (bicyclic) bond motifs is 1. The number of nitrogens with zero attached hydrogens (tertiary/aromatic N) is 1. The topological polar surface area (TPSA) is 57.4 Å². The van der Waals surface area contributed by atoms with Crippen LogP contribution in [0.3, 0.4) is 0 Å². The zero-order valence-corrected chi connectivity index (χ0v) is 18.3. The van der Waals surface area contributed by atoms with Crippen molar-refractivity contribution in [2.75, 3.05) is 39.4 Å². The van der Waals surface area contributed by atoms with Crippen molar-refractivity contribution in [2.24, 2.45) is 0 Å². The first-order valence-electron chi connectivity index (χ1n) is 10.6. The fraction of sp³-hybridized carbons (Fsp3) is 0.375. The van der Waals surface area contributed by atoms with Crippen molar-refractivity contribution in [3.8, 4) is 0 Å². The molecule has 1 aliphatic rings. The third-order valence-corrected chi connectivity index (χ3v) is 6.06. The van der Waals surface area contributed by atoms with Crippen LogP contribution in [0.25, 0.3) is 10.9 Å². The van der Waals surface area contributed by atoms with E-state index in [9.17, 15) is 9.18 Å². The number of rotatable bonds is 7. The summed E-state index contributed by atoms with van der Waals surface area (Å²) in [6.07, 6.45) is 2.01. The van der Waals surface area contributed by atoms with E-state index >= 15 is 0 Å². The minimum Gasteiger partial charge on any atom is -0.379 e. The number of hydrogen-bond donors (Lipinski definition) is 2. The number of hydrogen-bond acceptors (Lipinski definition) is 3. The van der Waals surface area contributed by atoms with E-state index < -0.39 is 5.92 Å². The zero-order chi connectivity index (χ0) is 21.8. The van der Waals surface area contributed by atoms with Crippen LogP contribution in [0, 0.1) is 12.7 Å². The average Bonchev–Trinajstić information content (AvgIpc) is 3.17. The van der Waals surface area contributed by atoms with Crippen LogP contribution in [0.15, 0.2) is 42.6 Å². The van der Waals surface area contributed by atoms with Gasteiger partial charge in [0.25, 0.3) is 0 Å². The molecule has 1 amide bonds. The van der Waals surface area contributed by atoms with Crippen molar-refractivity contribution in [3.05, 3.63) is 70.1 Å². The molecule has 164 valence electrons. The van der Waals surface area contributed by atoms with Gasteiger partial charge >= 0.3 is 0 Å². The fourth-order valence-corrected chi connectivity index (χ4v) is 4.33. The number of aromatic nitrogens is 1. The van der Waals surface area contributed by atoms with Crippen molar-refractivity contribution in [3.63, 3.8) is 0 Å². The van der Waals surface area contributed by atoms with Gasteiger partial charge in [-0.3, -0.25) is 9.69 Å². The molecule has 0 spiro atoms. The molecule has 2 N–H and O–H groups in total. The standard InChI is InChI=1S/C24H27ClFN3O2/c1-16-2-4-22(26)19(12-16)18(21-15-28-23-5-3-17(25)13-20(21)23)14-24(30)27-6-7-29-8-10-31-11-9-29/h2-5,12-13,15,18,28H,6-11,14H2,1H3,(H,27,30). The lowest BCUT2D eigenvalue weighted by Crippen LogP contribution is -2.41. The molecule has 0 bridgehead atoms. The second kappa shape index (κ2) is 9.81. The van der Waals surface area contributed by atoms with E-state index in [1.165, 1.54) is 6.07 Å². The van der Waals surface area contributed by atoms with Gasteiger partial charge < -0.3 is 15.0 Å². The highest BCUT2D eigenvalue weighted by Crippen LogP contribution is 2.36. The maximum absolute atomic E-state index is 14.8. The number of carbonyl (C=O) groups is 1. The summed E-state index contributed by atoms with van der Waals surface area (Å²) >= 11 is 6.22. The van der Waals surface area contributed by atoms with Crippen molar-refractivity contribution < 1.29 is 13.9 Å². The lowest BCUT2D eigenvalue weighted by molar-refractivity contribution is -0.121. The number of ether oxygens (including phenoxy) is 1. The Morgan fingerprint density at radius 3 is 2.84 bits per heavy atom. The van der Waals surface area contributed by atoms with Crippen LogP contribution in [0.1, 0.15) is 29.0 Å². The third kappa shape index (κ3) is 5.26. The number of carbonyl (C=O) groups excluding carboxylic acids is 1. The van der Waals surface area contributed by atoms with E-state index in [-0.39, 0.29) is 18.1 Å². The molecule has 1 aromatic heterocycles. The minimum absolute atomic E-state index is 0.101. The predicted molar refractivity (Wildman–Crippen MR) is 121 cm³/mol. The Balaban J connectivity index is 1.56. The highest BCUT2D eigenvalue weighted by atomic mass is 35.5. The van der Waals surface area contributed by atoms with Crippen LogP contribution in [0.2, 0.25) is 5.02 Å². The van der Waals surface area contributed by atoms with Gasteiger partial charge in [-0.25, -0.2) is 4.39 Å². The Morgan fingerprint density at radius 1 is 1.23 bits per heavy atom. The van der Waals surface area contributed by atoms with Crippen molar-refractivity contribution in [1.29, 1.82) is 0 Å². The van der Waals surface area contributed by atoms with E-state index in [4.69, 9.17) is 16.3 Å². The Kier molecular flexibility index (Phi) is 6.90. The summed E-state index contributed by atoms with van der Waals surface area (Å²) in [5, 5.41) is 4.51. The Morgan fingerprint density at radius 2 is 2.03 bits per heavy atom. The quantitative estimate of drug-likeness (QED) is 0.574. The number of nitrogens with one attached hydrogen (secondary N) is 2. The zero-order valence-electron chi connectivity index (χ0n) is 17.6. The van der Waals surface area contributed by atoms with Crippen LogP contribution in [-0.4, -0.2) is 55.2 Å². The van der Waals surface area contributed by atoms with E-state index in [1.807, 2.05) is 37.4 Å². The molecule has 3 aromatic rings. The highest BCUT2D eigenvalue weighted by molar-refractivity contribution is 6.31. The normalized spacial score (nSPS) is 15.8. The molecular formula is C24H27ClFN3O2. The van der Waals surface area contributed by atoms with Gasteiger partial charge in [0, 0.05) is 60.6 Å². The van der Waals surface area contributed by atoms with Gasteiger partial charge in [0.05, 0.1) is 13.2 Å². The van der Waals surface area contributed by atoms with Crippen LogP contribution in [-0.2, 0) is 9.53 Å². The first-order valence-corrected chi connectivity index (χ1v) is 11.0. The van der Waals surface area contributed by atoms with Gasteiger partial charge in [-0.1, -0.05) is 29.3 Å². The Bertz CT molecular complexity index is 1060. The molecule has 2 heterocycles. The molecule has 2 aromatic carbocycles. The van der Waals surface area contributed by atoms with Crippen LogP contribution < -0.4 is 5.32 Å². The maximum atomic E-state index is 14.8. The fourth-order valence-electron chi connectivity index (χ4n) is 4.16. The Labute approximate surface area is 186 Å². The molecular weight excluding hydrogens is 417 g/mol. The number of aryl methyl sites for hydroxylation is 1. The maximum Gasteiger partial charge on any atom is 0.220 e. The van der Waals surface area contributed by atoms with Crippen molar-refractivity contribution in [2.45, 2.75) is 19.3 Å². The predicted octanol–water partition coefficient (Wildman–Crippen LogP) is 4.24. The molecule has 1 atom stereocenters. The number of morpholine rings is 1. The summed E-state index contributed by atoms with van der Waals surface area (Å²) in [7, 11) is 0. The molecule has 5 nitrogen and oxygen atoms in total. The van der Waals surface area contributed by atoms with Crippen LogP contribution >= 0.6 is 11.6 Å². The third-order valence-electron chi connectivity index (χ3n) is 5.82. The Hall–Kier alpha value is -2.41. The summed E-state index contributed by atoms with van der Waals surface area (Å²) in [5.74, 6) is -0.834. The van der Waals surface area contributed by atoms with Gasteiger partial charge in [0.2, 0.25) is 5.91 Å².